The molecule has 10 heteroatoms. The first-order valence-corrected chi connectivity index (χ1v) is 8.83. The lowest BCUT2D eigenvalue weighted by Crippen LogP contribution is -2.33. The summed E-state index contributed by atoms with van der Waals surface area (Å²) in [4.78, 5) is 31.8. The molecule has 4 rings (SSSR count). The van der Waals surface area contributed by atoms with Gasteiger partial charge in [0.05, 0.1) is 29.6 Å². The van der Waals surface area contributed by atoms with Gasteiger partial charge in [-0.25, -0.2) is 9.69 Å². The third-order valence-electron chi connectivity index (χ3n) is 4.64. The summed E-state index contributed by atoms with van der Waals surface area (Å²) in [5.74, 6) is -0.945. The van der Waals surface area contributed by atoms with Crippen LogP contribution < -0.4 is 15.4 Å². The van der Waals surface area contributed by atoms with Crippen LogP contribution in [0.3, 0.4) is 0 Å². The van der Waals surface area contributed by atoms with Crippen molar-refractivity contribution in [2.45, 2.75) is 12.9 Å². The summed E-state index contributed by atoms with van der Waals surface area (Å²) < 4.78 is 40.7. The molecule has 0 unspecified atom stereocenters. The van der Waals surface area contributed by atoms with Crippen molar-refractivity contribution in [3.8, 4) is 5.75 Å². The van der Waals surface area contributed by atoms with Crippen molar-refractivity contribution in [2.24, 2.45) is 0 Å². The van der Waals surface area contributed by atoms with E-state index in [-0.39, 0.29) is 18.8 Å². The van der Waals surface area contributed by atoms with E-state index in [1.165, 1.54) is 23.2 Å². The Morgan fingerprint density at radius 3 is 2.47 bits per heavy atom. The second-order valence-corrected chi connectivity index (χ2v) is 6.62. The van der Waals surface area contributed by atoms with E-state index >= 15 is 0 Å². The van der Waals surface area contributed by atoms with Gasteiger partial charge in [-0.1, -0.05) is 18.2 Å². The lowest BCUT2D eigenvalue weighted by molar-refractivity contribution is -0.274. The fourth-order valence-corrected chi connectivity index (χ4v) is 3.31. The molecule has 3 amide bonds. The largest absolute Gasteiger partial charge is 0.573 e. The van der Waals surface area contributed by atoms with Crippen molar-refractivity contribution >= 4 is 34.2 Å². The van der Waals surface area contributed by atoms with E-state index < -0.39 is 24.1 Å². The molecule has 0 radical (unpaired) electrons. The molecule has 1 saturated heterocycles. The normalized spacial score (nSPS) is 14.6. The van der Waals surface area contributed by atoms with Crippen molar-refractivity contribution in [3.63, 3.8) is 0 Å². The van der Waals surface area contributed by atoms with E-state index in [0.717, 1.165) is 22.4 Å². The van der Waals surface area contributed by atoms with Gasteiger partial charge in [0.25, 0.3) is 5.91 Å². The molecule has 1 fully saturated rings. The molecule has 1 aliphatic rings. The minimum Gasteiger partial charge on any atom is -0.406 e. The second kappa shape index (κ2) is 7.21. The number of alkyl halides is 3. The molecule has 2 aromatic carbocycles. The van der Waals surface area contributed by atoms with Crippen molar-refractivity contribution in [1.29, 1.82) is 0 Å². The fourth-order valence-electron chi connectivity index (χ4n) is 3.31. The van der Waals surface area contributed by atoms with Crippen molar-refractivity contribution in [1.82, 2.24) is 9.88 Å². The number of nitrogens with two attached hydrogens (primary N) is 1. The average Bonchev–Trinajstić information content (AvgIpc) is 2.97. The molecule has 3 aromatic rings. The second-order valence-electron chi connectivity index (χ2n) is 6.62. The van der Waals surface area contributed by atoms with E-state index in [1.807, 2.05) is 24.3 Å². The molecule has 1 aliphatic heterocycles. The molecule has 154 valence electrons. The summed E-state index contributed by atoms with van der Waals surface area (Å²) >= 11 is 0. The molecule has 0 aliphatic carbocycles. The van der Waals surface area contributed by atoms with Gasteiger partial charge in [0.2, 0.25) is 0 Å². The molecule has 1 aromatic heterocycles. The summed E-state index contributed by atoms with van der Waals surface area (Å²) in [6, 6.07) is 11.2. The first-order chi connectivity index (χ1) is 14.2. The van der Waals surface area contributed by atoms with Crippen LogP contribution in [0.5, 0.6) is 5.75 Å². The Kier molecular flexibility index (Phi) is 4.69. The zero-order valence-corrected chi connectivity index (χ0v) is 15.4. The smallest absolute Gasteiger partial charge is 0.406 e. The standard InChI is InChI=1S/C20H15F3N4O3/c21-20(22,23)30-13-7-5-12(6-8-13)27-18(28)11-26(19(27)29)10-15-14-3-1-2-4-17(14)25-9-16(15)24/h1-9H,10-11,24H2. The predicted octanol–water partition coefficient (Wildman–Crippen LogP) is 3.68. The van der Waals surface area contributed by atoms with Crippen LogP contribution in [0.25, 0.3) is 10.9 Å². The number of ether oxygens (including phenoxy) is 1. The minimum absolute atomic E-state index is 0.0885. The highest BCUT2D eigenvalue weighted by Gasteiger charge is 2.38. The number of hydrogen-bond donors (Lipinski definition) is 1. The molecular formula is C20H15F3N4O3. The highest BCUT2D eigenvalue weighted by molar-refractivity contribution is 6.19. The third kappa shape index (κ3) is 3.71. The van der Waals surface area contributed by atoms with Crippen molar-refractivity contribution in [3.05, 3.63) is 60.3 Å². The maximum absolute atomic E-state index is 12.8. The molecule has 2 N–H and O–H groups in total. The van der Waals surface area contributed by atoms with Crippen LogP contribution in [0.4, 0.5) is 29.3 Å². The van der Waals surface area contributed by atoms with Gasteiger partial charge in [0.1, 0.15) is 12.3 Å². The molecule has 0 bridgehead atoms. The average molecular weight is 416 g/mol. The van der Waals surface area contributed by atoms with Crippen LogP contribution in [0.15, 0.2) is 54.7 Å². The topological polar surface area (TPSA) is 88.8 Å². The number of carbonyl (C=O) groups is 2. The SMILES string of the molecule is Nc1cnc2ccccc2c1CN1CC(=O)N(c2ccc(OC(F)(F)F)cc2)C1=O. The number of rotatable bonds is 4. The fraction of sp³-hybridized carbons (Fsp3) is 0.150. The van der Waals surface area contributed by atoms with Crippen LogP contribution in [0, 0.1) is 0 Å². The highest BCUT2D eigenvalue weighted by atomic mass is 19.4. The summed E-state index contributed by atoms with van der Waals surface area (Å²) in [5, 5.41) is 0.768. The lowest BCUT2D eigenvalue weighted by Gasteiger charge is -2.19. The Hall–Kier alpha value is -3.82. The number of pyridine rings is 1. The highest BCUT2D eigenvalue weighted by Crippen LogP contribution is 2.29. The summed E-state index contributed by atoms with van der Waals surface area (Å²) in [6.07, 6.45) is -3.33. The number of halogens is 3. The summed E-state index contributed by atoms with van der Waals surface area (Å²) in [5.41, 5.74) is 7.96. The Balaban J connectivity index is 1.57. The minimum atomic E-state index is -4.83. The zero-order valence-electron chi connectivity index (χ0n) is 15.4. The van der Waals surface area contributed by atoms with Crippen LogP contribution in [0.2, 0.25) is 0 Å². The zero-order chi connectivity index (χ0) is 21.5. The van der Waals surface area contributed by atoms with Crippen LogP contribution in [-0.2, 0) is 11.3 Å². The molecule has 0 spiro atoms. The number of hydrogen-bond acceptors (Lipinski definition) is 5. The number of amides is 3. The Bertz CT molecular complexity index is 1130. The predicted molar refractivity (Wildman–Crippen MR) is 103 cm³/mol. The van der Waals surface area contributed by atoms with Gasteiger partial charge in [0.15, 0.2) is 0 Å². The Morgan fingerprint density at radius 2 is 1.77 bits per heavy atom. The quantitative estimate of drug-likeness (QED) is 0.656. The van der Waals surface area contributed by atoms with Gasteiger partial charge >= 0.3 is 12.4 Å². The first kappa shape index (κ1) is 19.5. The number of nitrogen functional groups attached to an aromatic ring is 1. The number of aromatic nitrogens is 1. The molecule has 0 atom stereocenters. The number of anilines is 2. The maximum atomic E-state index is 12.8. The molecular weight excluding hydrogens is 401 g/mol. The molecule has 30 heavy (non-hydrogen) atoms. The monoisotopic (exact) mass is 416 g/mol. The van der Waals surface area contributed by atoms with Gasteiger partial charge in [-0.15, -0.1) is 13.2 Å². The molecule has 7 nitrogen and oxygen atoms in total. The van der Waals surface area contributed by atoms with E-state index in [9.17, 15) is 22.8 Å². The van der Waals surface area contributed by atoms with Gasteiger partial charge in [0, 0.05) is 10.9 Å². The number of para-hydroxylation sites is 1. The van der Waals surface area contributed by atoms with Crippen molar-refractivity contribution < 1.29 is 27.5 Å². The van der Waals surface area contributed by atoms with Crippen LogP contribution >= 0.6 is 0 Å². The van der Waals surface area contributed by atoms with Gasteiger partial charge < -0.3 is 15.4 Å². The number of urea groups is 1. The van der Waals surface area contributed by atoms with E-state index in [0.29, 0.717) is 16.8 Å². The number of nitrogens with zero attached hydrogens (tertiary/aromatic N) is 3. The van der Waals surface area contributed by atoms with Gasteiger partial charge in [-0.3, -0.25) is 9.78 Å². The van der Waals surface area contributed by atoms with Gasteiger partial charge in [-0.05, 0) is 30.3 Å². The third-order valence-corrected chi connectivity index (χ3v) is 4.64. The number of imide groups is 1. The van der Waals surface area contributed by atoms with Crippen LogP contribution in [0.1, 0.15) is 5.56 Å². The van der Waals surface area contributed by atoms with E-state index in [2.05, 4.69) is 9.72 Å². The Labute approximate surface area is 168 Å². The van der Waals surface area contributed by atoms with Crippen LogP contribution in [-0.4, -0.2) is 34.7 Å². The van der Waals surface area contributed by atoms with Gasteiger partial charge in [-0.2, -0.15) is 0 Å². The molecule has 2 heterocycles. The van der Waals surface area contributed by atoms with E-state index in [1.54, 1.807) is 0 Å². The number of fused-ring (bicyclic) bond motifs is 1. The van der Waals surface area contributed by atoms with Crippen molar-refractivity contribution in [2.75, 3.05) is 17.2 Å². The molecule has 0 saturated carbocycles. The first-order valence-electron chi connectivity index (χ1n) is 8.83. The maximum Gasteiger partial charge on any atom is 0.573 e. The number of benzene rings is 2. The summed E-state index contributed by atoms with van der Waals surface area (Å²) in [7, 11) is 0. The summed E-state index contributed by atoms with van der Waals surface area (Å²) in [6.45, 7) is -0.0963. The van der Waals surface area contributed by atoms with E-state index in [4.69, 9.17) is 5.73 Å². The Morgan fingerprint density at radius 1 is 1.07 bits per heavy atom. The number of carbonyl (C=O) groups excluding carboxylic acids is 2. The lowest BCUT2D eigenvalue weighted by atomic mass is 10.1.